The zero-order valence-electron chi connectivity index (χ0n) is 22.6. The van der Waals surface area contributed by atoms with E-state index in [0.29, 0.717) is 41.3 Å². The van der Waals surface area contributed by atoms with Gasteiger partial charge in [0.1, 0.15) is 5.82 Å². The van der Waals surface area contributed by atoms with Gasteiger partial charge in [0.25, 0.3) is 5.91 Å². The number of ether oxygens (including phenoxy) is 2. The van der Waals surface area contributed by atoms with Crippen LogP contribution in [0.5, 0.6) is 0 Å². The van der Waals surface area contributed by atoms with Crippen LogP contribution in [-0.2, 0) is 32.5 Å². The Morgan fingerprint density at radius 3 is 2.69 bits per heavy atom. The number of fused-ring (bicyclic) bond motifs is 2. The van der Waals surface area contributed by atoms with Crippen molar-refractivity contribution in [1.29, 1.82) is 0 Å². The number of benzene rings is 1. The molecule has 4 aromatic rings. The summed E-state index contributed by atoms with van der Waals surface area (Å²) in [6, 6.07) is 16.0. The number of halogens is 1. The Hall–Kier alpha value is -4.00. The Balaban J connectivity index is 1.05. The van der Waals surface area contributed by atoms with E-state index in [-0.39, 0.29) is 55.1 Å². The summed E-state index contributed by atoms with van der Waals surface area (Å²) in [4.78, 5) is 29.1. The number of aromatic nitrogens is 3. The molecule has 0 bridgehead atoms. The second-order valence-electron chi connectivity index (χ2n) is 11.0. The van der Waals surface area contributed by atoms with Crippen molar-refractivity contribution >= 4 is 32.5 Å². The van der Waals surface area contributed by atoms with Crippen LogP contribution in [0.25, 0.3) is 22.3 Å². The molecular weight excluding hydrogens is 561 g/mol. The molecule has 0 saturated carbocycles. The van der Waals surface area contributed by atoms with Gasteiger partial charge in [0.05, 0.1) is 66.2 Å². The van der Waals surface area contributed by atoms with Gasteiger partial charge in [0.2, 0.25) is 0 Å². The van der Waals surface area contributed by atoms with Gasteiger partial charge in [-0.15, -0.1) is 0 Å². The van der Waals surface area contributed by atoms with E-state index in [9.17, 15) is 17.6 Å². The van der Waals surface area contributed by atoms with Crippen molar-refractivity contribution in [1.82, 2.24) is 20.3 Å². The molecule has 7 rings (SSSR count). The maximum absolute atomic E-state index is 14.6. The lowest BCUT2D eigenvalue weighted by atomic mass is 9.81. The first-order valence-corrected chi connectivity index (χ1v) is 15.4. The quantitative estimate of drug-likeness (QED) is 0.361. The highest BCUT2D eigenvalue weighted by Gasteiger charge is 2.51. The number of carbonyl (C=O) groups is 1. The van der Waals surface area contributed by atoms with Crippen LogP contribution in [0.2, 0.25) is 0 Å². The largest absolute Gasteiger partial charge is 0.376 e. The van der Waals surface area contributed by atoms with Gasteiger partial charge in [-0.2, -0.15) is 0 Å². The number of pyridine rings is 3. The molecule has 2 saturated heterocycles. The number of amides is 1. The van der Waals surface area contributed by atoms with Gasteiger partial charge < -0.3 is 19.7 Å². The van der Waals surface area contributed by atoms with Crippen LogP contribution in [-0.4, -0.2) is 73.6 Å². The summed E-state index contributed by atoms with van der Waals surface area (Å²) in [5, 5.41) is 3.66. The second-order valence-corrected chi connectivity index (χ2v) is 13.0. The van der Waals surface area contributed by atoms with Gasteiger partial charge in [-0.1, -0.05) is 12.1 Å². The molecule has 42 heavy (non-hydrogen) atoms. The lowest BCUT2D eigenvalue weighted by molar-refractivity contribution is -0.164. The minimum Gasteiger partial charge on any atom is -0.376 e. The highest BCUT2D eigenvalue weighted by Crippen LogP contribution is 2.38. The number of hydrogen-bond acceptors (Lipinski definition) is 9. The second kappa shape index (κ2) is 10.4. The number of sulfone groups is 1. The molecule has 0 atom stereocenters. The molecule has 12 heteroatoms. The third-order valence-corrected chi connectivity index (χ3v) is 9.85. The maximum Gasteiger partial charge on any atom is 0.251 e. The van der Waals surface area contributed by atoms with Gasteiger partial charge >= 0.3 is 0 Å². The zero-order chi connectivity index (χ0) is 28.9. The number of carbonyl (C=O) groups excluding carboxylic acids is 1. The first-order valence-electron chi connectivity index (χ1n) is 13.7. The van der Waals surface area contributed by atoms with Crippen molar-refractivity contribution in [3.05, 3.63) is 77.6 Å². The lowest BCUT2D eigenvalue weighted by Crippen LogP contribution is -2.64. The molecule has 0 spiro atoms. The fourth-order valence-electron chi connectivity index (χ4n) is 5.40. The number of rotatable bonds is 6. The molecule has 0 aliphatic carbocycles. The molecule has 1 amide bonds. The van der Waals surface area contributed by atoms with Crippen LogP contribution in [0.4, 0.5) is 10.2 Å². The fraction of sp³-hybridized carbons (Fsp3) is 0.333. The SMILES string of the molecule is O=C(NCc1cc2nc(-c3cccc(N4CC(C5(F)COC5)C4)n3)ccc2cn1)c1ccc2c(c1)S(=O)(=O)CCOC2. The summed E-state index contributed by atoms with van der Waals surface area (Å²) in [6.45, 7) is 2.03. The van der Waals surface area contributed by atoms with E-state index in [4.69, 9.17) is 19.4 Å². The van der Waals surface area contributed by atoms with Gasteiger partial charge in [-0.05, 0) is 48.0 Å². The summed E-state index contributed by atoms with van der Waals surface area (Å²) >= 11 is 0. The predicted octanol–water partition coefficient (Wildman–Crippen LogP) is 3.10. The first-order chi connectivity index (χ1) is 20.3. The predicted molar refractivity (Wildman–Crippen MR) is 152 cm³/mol. The van der Waals surface area contributed by atoms with Crippen LogP contribution >= 0.6 is 0 Å². The molecule has 10 nitrogen and oxygen atoms in total. The average molecular weight is 590 g/mol. The highest BCUT2D eigenvalue weighted by molar-refractivity contribution is 7.91. The number of nitrogens with one attached hydrogen (secondary N) is 1. The Kier molecular flexibility index (Phi) is 6.63. The van der Waals surface area contributed by atoms with Crippen molar-refractivity contribution in [3.63, 3.8) is 0 Å². The molecule has 2 fully saturated rings. The highest BCUT2D eigenvalue weighted by atomic mass is 32.2. The van der Waals surface area contributed by atoms with Gasteiger partial charge in [0, 0.05) is 36.2 Å². The number of hydrogen-bond donors (Lipinski definition) is 1. The van der Waals surface area contributed by atoms with E-state index in [2.05, 4.69) is 15.2 Å². The van der Waals surface area contributed by atoms with E-state index in [1.54, 1.807) is 18.3 Å². The molecule has 6 heterocycles. The van der Waals surface area contributed by atoms with Gasteiger partial charge in [-0.3, -0.25) is 9.78 Å². The van der Waals surface area contributed by atoms with Crippen LogP contribution in [0.15, 0.2) is 65.7 Å². The maximum atomic E-state index is 14.6. The van der Waals surface area contributed by atoms with E-state index in [0.717, 1.165) is 11.2 Å². The lowest BCUT2D eigenvalue weighted by Gasteiger charge is -2.50. The van der Waals surface area contributed by atoms with Crippen LogP contribution in [0, 0.1) is 5.92 Å². The zero-order valence-corrected chi connectivity index (χ0v) is 23.4. The van der Waals surface area contributed by atoms with E-state index < -0.39 is 21.4 Å². The summed E-state index contributed by atoms with van der Waals surface area (Å²) in [5.41, 5.74) is 2.28. The van der Waals surface area contributed by atoms with Crippen LogP contribution in [0.3, 0.4) is 0 Å². The normalized spacial score (nSPS) is 19.3. The first kappa shape index (κ1) is 26.9. The molecule has 3 aromatic heterocycles. The number of anilines is 1. The molecule has 1 aromatic carbocycles. The summed E-state index contributed by atoms with van der Waals surface area (Å²) in [5.74, 6) is 0.224. The molecular formula is C30H28FN5O5S. The summed E-state index contributed by atoms with van der Waals surface area (Å²) < 4.78 is 50.2. The smallest absolute Gasteiger partial charge is 0.251 e. The van der Waals surface area contributed by atoms with Gasteiger partial charge in [-0.25, -0.2) is 22.8 Å². The van der Waals surface area contributed by atoms with Crippen molar-refractivity contribution in [2.45, 2.75) is 23.7 Å². The summed E-state index contributed by atoms with van der Waals surface area (Å²) in [6.07, 6.45) is 1.70. The monoisotopic (exact) mass is 589 g/mol. The van der Waals surface area contributed by atoms with Crippen molar-refractivity contribution in [2.75, 3.05) is 43.6 Å². The average Bonchev–Trinajstić information content (AvgIpc) is 3.11. The summed E-state index contributed by atoms with van der Waals surface area (Å²) in [7, 11) is -3.52. The van der Waals surface area contributed by atoms with Crippen molar-refractivity contribution in [3.8, 4) is 11.4 Å². The number of alkyl halides is 1. The van der Waals surface area contributed by atoms with E-state index in [1.807, 2.05) is 36.4 Å². The van der Waals surface area contributed by atoms with E-state index in [1.165, 1.54) is 6.07 Å². The standard InChI is InChI=1S/C30H28FN5O5S/c31-30(17-41-18-30)22-14-36(15-22)28-3-1-2-24(35-28)25-7-6-20-12-32-23(11-26(20)34-25)13-33-29(37)19-4-5-21-16-40-8-9-42(38,39)27(21)10-19/h1-7,10-12,22H,8-9,13-18H2,(H,33,37). The topological polar surface area (TPSA) is 124 Å². The van der Waals surface area contributed by atoms with Crippen molar-refractivity contribution < 1.29 is 27.1 Å². The molecule has 0 radical (unpaired) electrons. The minimum absolute atomic E-state index is 0.0404. The Labute approximate surface area is 241 Å². The van der Waals surface area contributed by atoms with E-state index >= 15 is 0 Å². The van der Waals surface area contributed by atoms with Crippen LogP contribution in [0.1, 0.15) is 21.6 Å². The molecule has 1 N–H and O–H groups in total. The molecule has 3 aliphatic rings. The Morgan fingerprint density at radius 2 is 1.88 bits per heavy atom. The third kappa shape index (κ3) is 4.99. The Morgan fingerprint density at radius 1 is 1.05 bits per heavy atom. The molecule has 0 unspecified atom stereocenters. The molecule has 216 valence electrons. The number of nitrogens with zero attached hydrogens (tertiary/aromatic N) is 4. The molecule has 3 aliphatic heterocycles. The minimum atomic E-state index is -3.52. The van der Waals surface area contributed by atoms with Gasteiger partial charge in [0.15, 0.2) is 15.5 Å². The Bertz CT molecular complexity index is 1810. The van der Waals surface area contributed by atoms with Crippen LogP contribution < -0.4 is 10.2 Å². The third-order valence-electron chi connectivity index (χ3n) is 8.10. The van der Waals surface area contributed by atoms with Crippen molar-refractivity contribution in [2.24, 2.45) is 5.92 Å². The fourth-order valence-corrected chi connectivity index (χ4v) is 6.79.